The number of hydrogen-bond acceptors (Lipinski definition) is 3. The molecule has 0 atom stereocenters. The fourth-order valence-corrected chi connectivity index (χ4v) is 1.76. The van der Waals surface area contributed by atoms with Crippen LogP contribution < -0.4 is 16.4 Å². The lowest BCUT2D eigenvalue weighted by molar-refractivity contribution is 1.30. The maximum Gasteiger partial charge on any atom is 0.198 e. The summed E-state index contributed by atoms with van der Waals surface area (Å²) in [6.45, 7) is 3.84. The minimum Gasteiger partial charge on any atom is -0.369 e. The third kappa shape index (κ3) is 1.67. The lowest BCUT2D eigenvalue weighted by atomic mass is 10.2. The Hall–Kier alpha value is -2.56. The van der Waals surface area contributed by atoms with Crippen molar-refractivity contribution in [2.45, 2.75) is 0 Å². The second-order valence-electron chi connectivity index (χ2n) is 3.81. The molecular formula is C12H11N5. The zero-order valence-corrected chi connectivity index (χ0v) is 9.07. The number of nitrogens with one attached hydrogen (secondary N) is 2. The van der Waals surface area contributed by atoms with E-state index in [9.17, 15) is 0 Å². The number of aromatic amines is 2. The molecule has 2 aromatic heterocycles. The molecule has 0 saturated carbocycles. The SMILES string of the molecule is C=c1[nH]c(N)n/c1=C\c1ccc2nc[nH]c2c1. The molecule has 0 aliphatic heterocycles. The highest BCUT2D eigenvalue weighted by Gasteiger charge is 1.97. The van der Waals surface area contributed by atoms with E-state index in [4.69, 9.17) is 5.73 Å². The highest BCUT2D eigenvalue weighted by atomic mass is 15.0. The minimum absolute atomic E-state index is 0.379. The molecule has 17 heavy (non-hydrogen) atoms. The standard InChI is InChI=1S/C12H11N5/c1-7-10(17-12(13)16-7)4-8-2-3-9-11(5-8)15-6-14-9/h2-6H,1H2,(H,14,15)(H3,13,16,17)/b10-4-. The van der Waals surface area contributed by atoms with Crippen molar-refractivity contribution >= 4 is 29.6 Å². The van der Waals surface area contributed by atoms with Gasteiger partial charge in [-0.2, -0.15) is 0 Å². The van der Waals surface area contributed by atoms with Crippen molar-refractivity contribution in [1.29, 1.82) is 0 Å². The Labute approximate surface area is 96.7 Å². The summed E-state index contributed by atoms with van der Waals surface area (Å²) in [4.78, 5) is 14.2. The van der Waals surface area contributed by atoms with Gasteiger partial charge in [-0.25, -0.2) is 9.97 Å². The quantitative estimate of drug-likeness (QED) is 0.549. The fraction of sp³-hybridized carbons (Fsp3) is 0. The van der Waals surface area contributed by atoms with Crippen LogP contribution in [0.5, 0.6) is 0 Å². The Morgan fingerprint density at radius 2 is 2.24 bits per heavy atom. The summed E-state index contributed by atoms with van der Waals surface area (Å²) in [6, 6.07) is 5.94. The number of H-pyrrole nitrogens is 2. The molecule has 84 valence electrons. The van der Waals surface area contributed by atoms with E-state index in [-0.39, 0.29) is 0 Å². The average molecular weight is 225 g/mol. The molecule has 0 aliphatic carbocycles. The van der Waals surface area contributed by atoms with Gasteiger partial charge in [-0.1, -0.05) is 12.6 Å². The molecule has 3 rings (SSSR count). The van der Waals surface area contributed by atoms with Gasteiger partial charge < -0.3 is 15.7 Å². The predicted molar refractivity (Wildman–Crippen MR) is 67.4 cm³/mol. The van der Waals surface area contributed by atoms with E-state index in [1.165, 1.54) is 0 Å². The molecule has 0 radical (unpaired) electrons. The maximum atomic E-state index is 5.56. The van der Waals surface area contributed by atoms with Gasteiger partial charge in [-0.3, -0.25) is 0 Å². The number of aromatic nitrogens is 4. The molecule has 1 aromatic carbocycles. The molecule has 2 heterocycles. The van der Waals surface area contributed by atoms with E-state index in [1.807, 2.05) is 24.3 Å². The van der Waals surface area contributed by atoms with E-state index < -0.39 is 0 Å². The molecule has 5 heteroatoms. The van der Waals surface area contributed by atoms with Crippen molar-refractivity contribution in [3.05, 3.63) is 40.8 Å². The third-order valence-electron chi connectivity index (χ3n) is 2.58. The Morgan fingerprint density at radius 3 is 3.00 bits per heavy atom. The highest BCUT2D eigenvalue weighted by Crippen LogP contribution is 2.11. The molecule has 5 nitrogen and oxygen atoms in total. The van der Waals surface area contributed by atoms with Gasteiger partial charge in [0.25, 0.3) is 0 Å². The molecule has 0 aliphatic rings. The minimum atomic E-state index is 0.379. The largest absolute Gasteiger partial charge is 0.369 e. The normalized spacial score (nSPS) is 12.4. The van der Waals surface area contributed by atoms with Crippen molar-refractivity contribution in [3.63, 3.8) is 0 Å². The van der Waals surface area contributed by atoms with Gasteiger partial charge in [0.15, 0.2) is 5.95 Å². The van der Waals surface area contributed by atoms with Crippen molar-refractivity contribution in [3.8, 4) is 0 Å². The van der Waals surface area contributed by atoms with Crippen LogP contribution in [0.3, 0.4) is 0 Å². The lowest BCUT2D eigenvalue weighted by Crippen LogP contribution is -2.22. The maximum absolute atomic E-state index is 5.56. The predicted octanol–water partition coefficient (Wildman–Crippen LogP) is 0.107. The van der Waals surface area contributed by atoms with Gasteiger partial charge >= 0.3 is 0 Å². The average Bonchev–Trinajstić information content (AvgIpc) is 2.85. The second-order valence-corrected chi connectivity index (χ2v) is 3.81. The van der Waals surface area contributed by atoms with Gasteiger partial charge in [0.1, 0.15) is 0 Å². The van der Waals surface area contributed by atoms with E-state index >= 15 is 0 Å². The molecule has 4 N–H and O–H groups in total. The summed E-state index contributed by atoms with van der Waals surface area (Å²) >= 11 is 0. The van der Waals surface area contributed by atoms with E-state index in [2.05, 4.69) is 26.5 Å². The van der Waals surface area contributed by atoms with Crippen molar-refractivity contribution in [1.82, 2.24) is 19.9 Å². The number of nitrogens with two attached hydrogens (primary N) is 1. The van der Waals surface area contributed by atoms with Crippen LogP contribution in [0.2, 0.25) is 0 Å². The molecule has 3 aromatic rings. The van der Waals surface area contributed by atoms with Gasteiger partial charge in [0.2, 0.25) is 0 Å². The lowest BCUT2D eigenvalue weighted by Gasteiger charge is -1.92. The first kappa shape index (κ1) is 9.65. The van der Waals surface area contributed by atoms with Crippen LogP contribution in [0, 0.1) is 0 Å². The Kier molecular flexibility index (Phi) is 1.98. The van der Waals surface area contributed by atoms with E-state index in [0.717, 1.165) is 21.9 Å². The molecule has 0 amide bonds. The monoisotopic (exact) mass is 225 g/mol. The Bertz CT molecular complexity index is 781. The van der Waals surface area contributed by atoms with Gasteiger partial charge in [-0.15, -0.1) is 0 Å². The highest BCUT2D eigenvalue weighted by molar-refractivity contribution is 5.77. The number of nitrogens with zero attached hydrogens (tertiary/aromatic N) is 2. The number of imidazole rings is 2. The molecule has 0 unspecified atom stereocenters. The summed E-state index contributed by atoms with van der Waals surface area (Å²) in [6.07, 6.45) is 3.60. The molecule has 0 bridgehead atoms. The first-order chi connectivity index (χ1) is 8.22. The summed E-state index contributed by atoms with van der Waals surface area (Å²) in [5.41, 5.74) is 8.53. The number of hydrogen-bond donors (Lipinski definition) is 3. The molecule has 0 fully saturated rings. The van der Waals surface area contributed by atoms with Crippen LogP contribution in [0.25, 0.3) is 23.7 Å². The first-order valence-corrected chi connectivity index (χ1v) is 5.18. The van der Waals surface area contributed by atoms with Crippen LogP contribution >= 0.6 is 0 Å². The van der Waals surface area contributed by atoms with Crippen LogP contribution in [-0.2, 0) is 0 Å². The topological polar surface area (TPSA) is 83.4 Å². The van der Waals surface area contributed by atoms with Gasteiger partial charge in [0, 0.05) is 0 Å². The number of benzene rings is 1. The van der Waals surface area contributed by atoms with Crippen molar-refractivity contribution in [2.75, 3.05) is 5.73 Å². The van der Waals surface area contributed by atoms with Gasteiger partial charge in [-0.05, 0) is 23.8 Å². The second kappa shape index (κ2) is 3.48. The zero-order chi connectivity index (χ0) is 11.8. The van der Waals surface area contributed by atoms with Crippen molar-refractivity contribution in [2.24, 2.45) is 0 Å². The first-order valence-electron chi connectivity index (χ1n) is 5.18. The summed E-state index contributed by atoms with van der Waals surface area (Å²) in [5, 5.41) is 1.47. The van der Waals surface area contributed by atoms with Crippen LogP contribution in [0.15, 0.2) is 24.5 Å². The molecular weight excluding hydrogens is 214 g/mol. The Morgan fingerprint density at radius 1 is 1.35 bits per heavy atom. The number of fused-ring (bicyclic) bond motifs is 1. The van der Waals surface area contributed by atoms with Crippen LogP contribution in [0.1, 0.15) is 5.56 Å². The van der Waals surface area contributed by atoms with E-state index in [0.29, 0.717) is 11.3 Å². The zero-order valence-electron chi connectivity index (χ0n) is 9.07. The number of anilines is 1. The smallest absolute Gasteiger partial charge is 0.198 e. The summed E-state index contributed by atoms with van der Waals surface area (Å²) < 4.78 is 0. The van der Waals surface area contributed by atoms with Crippen LogP contribution in [-0.4, -0.2) is 19.9 Å². The van der Waals surface area contributed by atoms with Crippen molar-refractivity contribution < 1.29 is 0 Å². The third-order valence-corrected chi connectivity index (χ3v) is 2.58. The fourth-order valence-electron chi connectivity index (χ4n) is 1.76. The van der Waals surface area contributed by atoms with E-state index in [1.54, 1.807) is 6.33 Å². The van der Waals surface area contributed by atoms with Crippen LogP contribution in [0.4, 0.5) is 5.95 Å². The summed E-state index contributed by atoms with van der Waals surface area (Å²) in [5.74, 6) is 0.379. The molecule has 0 saturated heterocycles. The number of nitrogen functional groups attached to an aromatic ring is 1. The Balaban J connectivity index is 2.19. The number of rotatable bonds is 1. The summed E-state index contributed by atoms with van der Waals surface area (Å²) in [7, 11) is 0. The van der Waals surface area contributed by atoms with Gasteiger partial charge in [0.05, 0.1) is 28.1 Å². The molecule has 0 spiro atoms.